The Balaban J connectivity index is 1.79. The molecule has 0 aliphatic heterocycles. The van der Waals surface area contributed by atoms with E-state index < -0.39 is 0 Å². The number of nitrogen functional groups attached to an aromatic ring is 1. The van der Waals surface area contributed by atoms with Crippen LogP contribution in [0.15, 0.2) is 29.6 Å². The Hall–Kier alpha value is -1.95. The van der Waals surface area contributed by atoms with Crippen LogP contribution in [-0.4, -0.2) is 14.6 Å². The number of aromatic nitrogens is 3. The van der Waals surface area contributed by atoms with Gasteiger partial charge in [-0.05, 0) is 18.1 Å². The number of hydrogen-bond donors (Lipinski definition) is 1. The van der Waals surface area contributed by atoms with Crippen LogP contribution in [0.5, 0.6) is 0 Å². The van der Waals surface area contributed by atoms with E-state index in [1.165, 1.54) is 17.4 Å². The van der Waals surface area contributed by atoms with Gasteiger partial charge in [0.05, 0.1) is 0 Å². The molecular weight excluding hydrogens is 251 g/mol. The lowest BCUT2D eigenvalue weighted by molar-refractivity contribution is 0.607. The SMILES string of the molecule is Nc1csc2nc(CCc3ccccc3F)nn12. The van der Waals surface area contributed by atoms with E-state index in [9.17, 15) is 4.39 Å². The summed E-state index contributed by atoms with van der Waals surface area (Å²) in [5, 5.41) is 6.09. The molecule has 0 fully saturated rings. The quantitative estimate of drug-likeness (QED) is 0.788. The second kappa shape index (κ2) is 4.38. The zero-order chi connectivity index (χ0) is 12.5. The van der Waals surface area contributed by atoms with Crippen LogP contribution in [0.1, 0.15) is 11.4 Å². The first-order valence-electron chi connectivity index (χ1n) is 5.56. The number of halogens is 1. The van der Waals surface area contributed by atoms with Crippen molar-refractivity contribution in [2.24, 2.45) is 0 Å². The number of thiazole rings is 1. The molecule has 2 heterocycles. The predicted octanol–water partition coefficient (Wildman–Crippen LogP) is 2.30. The maximum atomic E-state index is 13.4. The molecule has 0 radical (unpaired) electrons. The van der Waals surface area contributed by atoms with Gasteiger partial charge in [0.25, 0.3) is 0 Å². The lowest BCUT2D eigenvalue weighted by Crippen LogP contribution is -1.98. The first kappa shape index (κ1) is 11.2. The summed E-state index contributed by atoms with van der Waals surface area (Å²) in [6.45, 7) is 0. The number of fused-ring (bicyclic) bond motifs is 1. The zero-order valence-electron chi connectivity index (χ0n) is 9.51. The minimum absolute atomic E-state index is 0.182. The Morgan fingerprint density at radius 2 is 2.11 bits per heavy atom. The van der Waals surface area contributed by atoms with Gasteiger partial charge in [0.15, 0.2) is 5.82 Å². The van der Waals surface area contributed by atoms with Crippen molar-refractivity contribution in [1.29, 1.82) is 0 Å². The van der Waals surface area contributed by atoms with Crippen molar-refractivity contribution in [1.82, 2.24) is 14.6 Å². The van der Waals surface area contributed by atoms with E-state index in [1.54, 1.807) is 22.0 Å². The molecule has 0 spiro atoms. The highest BCUT2D eigenvalue weighted by molar-refractivity contribution is 7.15. The summed E-state index contributed by atoms with van der Waals surface area (Å²) in [6.07, 6.45) is 1.19. The van der Waals surface area contributed by atoms with Crippen molar-refractivity contribution in [3.63, 3.8) is 0 Å². The van der Waals surface area contributed by atoms with Crippen LogP contribution in [0.4, 0.5) is 10.2 Å². The minimum atomic E-state index is -0.182. The molecule has 0 bridgehead atoms. The van der Waals surface area contributed by atoms with E-state index in [2.05, 4.69) is 10.1 Å². The fourth-order valence-electron chi connectivity index (χ4n) is 1.80. The average molecular weight is 262 g/mol. The van der Waals surface area contributed by atoms with Crippen LogP contribution in [0.2, 0.25) is 0 Å². The predicted molar refractivity (Wildman–Crippen MR) is 69.1 cm³/mol. The topological polar surface area (TPSA) is 56.2 Å². The van der Waals surface area contributed by atoms with Crippen LogP contribution < -0.4 is 5.73 Å². The van der Waals surface area contributed by atoms with Gasteiger partial charge in [-0.2, -0.15) is 4.52 Å². The van der Waals surface area contributed by atoms with Crippen LogP contribution in [0.3, 0.4) is 0 Å². The number of anilines is 1. The third kappa shape index (κ3) is 1.95. The molecule has 4 nitrogen and oxygen atoms in total. The molecule has 0 aliphatic rings. The van der Waals surface area contributed by atoms with Crippen molar-refractivity contribution in [3.05, 3.63) is 46.9 Å². The van der Waals surface area contributed by atoms with Crippen LogP contribution in [0.25, 0.3) is 4.96 Å². The van der Waals surface area contributed by atoms with Gasteiger partial charge in [0, 0.05) is 11.8 Å². The molecule has 0 saturated carbocycles. The summed E-state index contributed by atoms with van der Waals surface area (Å²) in [7, 11) is 0. The Bertz CT molecular complexity index is 688. The third-order valence-corrected chi connectivity index (χ3v) is 3.56. The number of hydrogen-bond acceptors (Lipinski definition) is 4. The second-order valence-electron chi connectivity index (χ2n) is 3.97. The Kier molecular flexibility index (Phi) is 2.71. The van der Waals surface area contributed by atoms with Gasteiger partial charge >= 0.3 is 0 Å². The van der Waals surface area contributed by atoms with Crippen LogP contribution in [-0.2, 0) is 12.8 Å². The molecular formula is C12H11FN4S. The Morgan fingerprint density at radius 1 is 1.28 bits per heavy atom. The summed E-state index contributed by atoms with van der Waals surface area (Å²) < 4.78 is 15.0. The summed E-state index contributed by atoms with van der Waals surface area (Å²) >= 11 is 1.45. The Labute approximate surface area is 107 Å². The van der Waals surface area contributed by atoms with Crippen LogP contribution in [0, 0.1) is 5.82 Å². The smallest absolute Gasteiger partial charge is 0.214 e. The standard InChI is InChI=1S/C12H11FN4S/c13-9-4-2-1-3-8(9)5-6-11-15-12-17(16-11)10(14)7-18-12/h1-4,7H,5-6,14H2. The van der Waals surface area contributed by atoms with E-state index in [1.807, 2.05) is 6.07 Å². The summed E-state index contributed by atoms with van der Waals surface area (Å²) in [6, 6.07) is 6.76. The zero-order valence-corrected chi connectivity index (χ0v) is 10.3. The van der Waals surface area contributed by atoms with Crippen molar-refractivity contribution < 1.29 is 4.39 Å². The highest BCUT2D eigenvalue weighted by Crippen LogP contribution is 2.16. The van der Waals surface area contributed by atoms with Crippen molar-refractivity contribution >= 4 is 22.1 Å². The van der Waals surface area contributed by atoms with E-state index in [0.29, 0.717) is 30.0 Å². The fourth-order valence-corrected chi connectivity index (χ4v) is 2.53. The van der Waals surface area contributed by atoms with Gasteiger partial charge in [0.2, 0.25) is 4.96 Å². The second-order valence-corrected chi connectivity index (χ2v) is 4.81. The molecule has 0 atom stereocenters. The molecule has 3 aromatic rings. The van der Waals surface area contributed by atoms with Crippen molar-refractivity contribution in [2.75, 3.05) is 5.73 Å². The molecule has 2 N–H and O–H groups in total. The molecule has 0 unspecified atom stereocenters. The van der Waals surface area contributed by atoms with Gasteiger partial charge in [-0.1, -0.05) is 18.2 Å². The monoisotopic (exact) mass is 262 g/mol. The minimum Gasteiger partial charge on any atom is -0.383 e. The summed E-state index contributed by atoms with van der Waals surface area (Å²) in [4.78, 5) is 5.12. The van der Waals surface area contributed by atoms with Gasteiger partial charge in [0.1, 0.15) is 11.6 Å². The highest BCUT2D eigenvalue weighted by Gasteiger charge is 2.09. The number of aryl methyl sites for hydroxylation is 2. The van der Waals surface area contributed by atoms with Crippen molar-refractivity contribution in [2.45, 2.75) is 12.8 Å². The van der Waals surface area contributed by atoms with Gasteiger partial charge in [-0.25, -0.2) is 9.37 Å². The highest BCUT2D eigenvalue weighted by atomic mass is 32.1. The molecule has 92 valence electrons. The molecule has 2 aromatic heterocycles. The normalized spacial score (nSPS) is 11.2. The number of benzene rings is 1. The lowest BCUT2D eigenvalue weighted by atomic mass is 10.1. The van der Waals surface area contributed by atoms with Crippen molar-refractivity contribution in [3.8, 4) is 0 Å². The Morgan fingerprint density at radius 3 is 2.89 bits per heavy atom. The molecule has 0 aliphatic carbocycles. The fraction of sp³-hybridized carbons (Fsp3) is 0.167. The molecule has 1 aromatic carbocycles. The molecule has 18 heavy (non-hydrogen) atoms. The maximum Gasteiger partial charge on any atom is 0.214 e. The lowest BCUT2D eigenvalue weighted by Gasteiger charge is -1.99. The van der Waals surface area contributed by atoms with Crippen LogP contribution >= 0.6 is 11.3 Å². The van der Waals surface area contributed by atoms with E-state index >= 15 is 0 Å². The number of rotatable bonds is 3. The largest absolute Gasteiger partial charge is 0.383 e. The summed E-state index contributed by atoms with van der Waals surface area (Å²) in [5.74, 6) is 1.09. The van der Waals surface area contributed by atoms with Gasteiger partial charge in [-0.3, -0.25) is 0 Å². The third-order valence-electron chi connectivity index (χ3n) is 2.73. The summed E-state index contributed by atoms with van der Waals surface area (Å²) in [5.41, 5.74) is 6.42. The first-order valence-corrected chi connectivity index (χ1v) is 6.44. The van der Waals surface area contributed by atoms with E-state index in [0.717, 1.165) is 4.96 Å². The number of nitrogens with zero attached hydrogens (tertiary/aromatic N) is 3. The van der Waals surface area contributed by atoms with E-state index in [-0.39, 0.29) is 5.82 Å². The molecule has 6 heteroatoms. The first-order chi connectivity index (χ1) is 8.74. The average Bonchev–Trinajstić information content (AvgIpc) is 2.91. The molecule has 0 saturated heterocycles. The molecule has 0 amide bonds. The molecule has 3 rings (SSSR count). The van der Waals surface area contributed by atoms with Gasteiger partial charge in [-0.15, -0.1) is 16.4 Å². The number of nitrogens with two attached hydrogens (primary N) is 1. The maximum absolute atomic E-state index is 13.4. The van der Waals surface area contributed by atoms with Gasteiger partial charge < -0.3 is 5.73 Å². The van der Waals surface area contributed by atoms with E-state index in [4.69, 9.17) is 5.73 Å².